The Hall–Kier alpha value is -2.09. The predicted molar refractivity (Wildman–Crippen MR) is 70.6 cm³/mol. The fourth-order valence-corrected chi connectivity index (χ4v) is 1.66. The molecule has 0 aliphatic rings. The van der Waals surface area contributed by atoms with Gasteiger partial charge in [-0.25, -0.2) is 0 Å². The third-order valence-corrected chi connectivity index (χ3v) is 2.61. The van der Waals surface area contributed by atoms with Crippen molar-refractivity contribution in [3.05, 3.63) is 34.8 Å². The summed E-state index contributed by atoms with van der Waals surface area (Å²) in [6.07, 6.45) is 1.70. The normalized spacial score (nSPS) is 10.2. The van der Waals surface area contributed by atoms with Crippen molar-refractivity contribution in [1.82, 2.24) is 15.1 Å². The van der Waals surface area contributed by atoms with Gasteiger partial charge in [-0.1, -0.05) is 0 Å². The van der Waals surface area contributed by atoms with Crippen molar-refractivity contribution in [2.75, 3.05) is 11.9 Å². The van der Waals surface area contributed by atoms with Crippen molar-refractivity contribution >= 4 is 33.6 Å². The van der Waals surface area contributed by atoms with Gasteiger partial charge in [0.15, 0.2) is 16.2 Å². The number of hydrogen-bond acceptors (Lipinski definition) is 4. The molecule has 7 nitrogen and oxygen atoms in total. The van der Waals surface area contributed by atoms with Gasteiger partial charge < -0.3 is 15.1 Å². The number of aromatic nitrogens is 2. The molecule has 100 valence electrons. The van der Waals surface area contributed by atoms with Gasteiger partial charge in [-0.15, -0.1) is 0 Å². The number of rotatable bonds is 4. The third-order valence-electron chi connectivity index (χ3n) is 2.19. The average Bonchev–Trinajstić information content (AvgIpc) is 2.95. The molecular weight excluding hydrogens is 316 g/mol. The molecule has 0 aliphatic carbocycles. The minimum atomic E-state index is -0.457. The van der Waals surface area contributed by atoms with Crippen LogP contribution < -0.4 is 10.6 Å². The standard InChI is InChI=1S/C11H11BrN4O3/c1-16-5-4-9(15-16)14-10(17)6-13-11(18)7-2-3-8(12)19-7/h2-5H,6H2,1H3,(H,13,18)(H,14,15,17). The molecule has 0 aliphatic heterocycles. The Morgan fingerprint density at radius 3 is 2.79 bits per heavy atom. The Balaban J connectivity index is 1.82. The van der Waals surface area contributed by atoms with Crippen LogP contribution >= 0.6 is 15.9 Å². The molecule has 0 spiro atoms. The van der Waals surface area contributed by atoms with Gasteiger partial charge in [0.2, 0.25) is 5.91 Å². The van der Waals surface area contributed by atoms with Crippen LogP contribution in [0.2, 0.25) is 0 Å². The summed E-state index contributed by atoms with van der Waals surface area (Å²) < 4.78 is 7.07. The third kappa shape index (κ3) is 3.68. The van der Waals surface area contributed by atoms with Crippen LogP contribution in [-0.4, -0.2) is 28.1 Å². The second-order valence-corrected chi connectivity index (χ2v) is 4.49. The van der Waals surface area contributed by atoms with Gasteiger partial charge in [-0.05, 0) is 28.1 Å². The van der Waals surface area contributed by atoms with Gasteiger partial charge in [-0.2, -0.15) is 5.10 Å². The highest BCUT2D eigenvalue weighted by atomic mass is 79.9. The zero-order valence-electron chi connectivity index (χ0n) is 10.0. The van der Waals surface area contributed by atoms with E-state index in [2.05, 4.69) is 31.7 Å². The lowest BCUT2D eigenvalue weighted by atomic mass is 10.4. The largest absolute Gasteiger partial charge is 0.444 e. The quantitative estimate of drug-likeness (QED) is 0.881. The van der Waals surface area contributed by atoms with Crippen LogP contribution in [0.25, 0.3) is 0 Å². The Labute approximate surface area is 117 Å². The van der Waals surface area contributed by atoms with E-state index < -0.39 is 5.91 Å². The van der Waals surface area contributed by atoms with E-state index in [-0.39, 0.29) is 18.2 Å². The first-order valence-corrected chi connectivity index (χ1v) is 6.17. The molecule has 0 saturated carbocycles. The number of furan rings is 1. The molecule has 0 aromatic carbocycles. The van der Waals surface area contributed by atoms with E-state index in [9.17, 15) is 9.59 Å². The highest BCUT2D eigenvalue weighted by Crippen LogP contribution is 2.13. The number of amides is 2. The monoisotopic (exact) mass is 326 g/mol. The Kier molecular flexibility index (Phi) is 4.00. The number of nitrogens with one attached hydrogen (secondary N) is 2. The minimum Gasteiger partial charge on any atom is -0.444 e. The smallest absolute Gasteiger partial charge is 0.287 e. The van der Waals surface area contributed by atoms with Crippen molar-refractivity contribution in [2.45, 2.75) is 0 Å². The number of carbonyl (C=O) groups is 2. The average molecular weight is 327 g/mol. The molecule has 2 aromatic heterocycles. The van der Waals surface area contributed by atoms with Crippen LogP contribution in [0.3, 0.4) is 0 Å². The van der Waals surface area contributed by atoms with E-state index >= 15 is 0 Å². The number of aryl methyl sites for hydroxylation is 1. The van der Waals surface area contributed by atoms with Crippen LogP contribution in [0, 0.1) is 0 Å². The zero-order valence-corrected chi connectivity index (χ0v) is 11.6. The summed E-state index contributed by atoms with van der Waals surface area (Å²) in [6, 6.07) is 4.77. The molecule has 2 aromatic rings. The van der Waals surface area contributed by atoms with E-state index in [1.165, 1.54) is 6.07 Å². The van der Waals surface area contributed by atoms with Crippen molar-refractivity contribution < 1.29 is 14.0 Å². The van der Waals surface area contributed by atoms with Crippen LogP contribution in [0.5, 0.6) is 0 Å². The maximum absolute atomic E-state index is 11.6. The van der Waals surface area contributed by atoms with E-state index in [4.69, 9.17) is 4.42 Å². The van der Waals surface area contributed by atoms with Crippen LogP contribution in [0.15, 0.2) is 33.5 Å². The molecule has 2 rings (SSSR count). The van der Waals surface area contributed by atoms with Crippen molar-refractivity contribution in [3.8, 4) is 0 Å². The lowest BCUT2D eigenvalue weighted by Gasteiger charge is -2.03. The topological polar surface area (TPSA) is 89.2 Å². The molecule has 0 bridgehead atoms. The van der Waals surface area contributed by atoms with Crippen LogP contribution in [0.4, 0.5) is 5.82 Å². The van der Waals surface area contributed by atoms with Gasteiger partial charge in [0.05, 0.1) is 6.54 Å². The number of nitrogens with zero attached hydrogens (tertiary/aromatic N) is 2. The first-order valence-electron chi connectivity index (χ1n) is 5.37. The lowest BCUT2D eigenvalue weighted by Crippen LogP contribution is -2.32. The molecule has 2 amide bonds. The van der Waals surface area contributed by atoms with Gasteiger partial charge in [0.25, 0.3) is 5.91 Å². The molecule has 2 heterocycles. The van der Waals surface area contributed by atoms with Crippen LogP contribution in [-0.2, 0) is 11.8 Å². The second kappa shape index (κ2) is 5.70. The summed E-state index contributed by atoms with van der Waals surface area (Å²) in [5, 5.41) is 8.97. The fraction of sp³-hybridized carbons (Fsp3) is 0.182. The van der Waals surface area contributed by atoms with E-state index in [0.717, 1.165) is 0 Å². The molecule has 0 saturated heterocycles. The summed E-state index contributed by atoms with van der Waals surface area (Å²) in [4.78, 5) is 23.1. The van der Waals surface area contributed by atoms with Crippen molar-refractivity contribution in [2.24, 2.45) is 7.05 Å². The molecule has 0 radical (unpaired) electrons. The highest BCUT2D eigenvalue weighted by Gasteiger charge is 2.12. The maximum atomic E-state index is 11.6. The number of hydrogen-bond donors (Lipinski definition) is 2. The first-order chi connectivity index (χ1) is 9.04. The van der Waals surface area contributed by atoms with Gasteiger partial charge in [-0.3, -0.25) is 14.3 Å². The van der Waals surface area contributed by atoms with Gasteiger partial charge >= 0.3 is 0 Å². The van der Waals surface area contributed by atoms with Crippen molar-refractivity contribution in [3.63, 3.8) is 0 Å². The lowest BCUT2D eigenvalue weighted by molar-refractivity contribution is -0.115. The molecule has 19 heavy (non-hydrogen) atoms. The summed E-state index contributed by atoms with van der Waals surface area (Å²) in [5.74, 6) is -0.250. The number of halogens is 1. The number of carbonyl (C=O) groups excluding carboxylic acids is 2. The Morgan fingerprint density at radius 1 is 1.42 bits per heavy atom. The summed E-state index contributed by atoms with van der Waals surface area (Å²) in [7, 11) is 1.74. The fourth-order valence-electron chi connectivity index (χ4n) is 1.35. The van der Waals surface area contributed by atoms with E-state index in [1.807, 2.05) is 0 Å². The minimum absolute atomic E-state index is 0.137. The summed E-state index contributed by atoms with van der Waals surface area (Å²) >= 11 is 3.09. The Bertz CT molecular complexity index is 605. The summed E-state index contributed by atoms with van der Waals surface area (Å²) in [6.45, 7) is -0.159. The van der Waals surface area contributed by atoms with Crippen molar-refractivity contribution in [1.29, 1.82) is 0 Å². The second-order valence-electron chi connectivity index (χ2n) is 3.71. The van der Waals surface area contributed by atoms with Gasteiger partial charge in [0, 0.05) is 19.3 Å². The first kappa shape index (κ1) is 13.3. The molecular formula is C11H11BrN4O3. The molecule has 0 fully saturated rings. The highest BCUT2D eigenvalue weighted by molar-refractivity contribution is 9.10. The van der Waals surface area contributed by atoms with Crippen LogP contribution in [0.1, 0.15) is 10.6 Å². The number of anilines is 1. The van der Waals surface area contributed by atoms with Gasteiger partial charge in [0.1, 0.15) is 0 Å². The molecule has 0 atom stereocenters. The van der Waals surface area contributed by atoms with E-state index in [0.29, 0.717) is 10.5 Å². The Morgan fingerprint density at radius 2 is 2.21 bits per heavy atom. The molecule has 2 N–H and O–H groups in total. The zero-order chi connectivity index (χ0) is 13.8. The predicted octanol–water partition coefficient (Wildman–Crippen LogP) is 1.14. The SMILES string of the molecule is Cn1ccc(NC(=O)CNC(=O)c2ccc(Br)o2)n1. The maximum Gasteiger partial charge on any atom is 0.287 e. The molecule has 0 unspecified atom stereocenters. The van der Waals surface area contributed by atoms with E-state index in [1.54, 1.807) is 30.1 Å². The molecule has 8 heteroatoms. The summed E-state index contributed by atoms with van der Waals surface area (Å²) in [5.41, 5.74) is 0.